The van der Waals surface area contributed by atoms with Gasteiger partial charge < -0.3 is 19.9 Å². The molecule has 4 heterocycles. The number of fused-ring (bicyclic) bond motifs is 2. The first kappa shape index (κ1) is 23.1. The number of aromatic amines is 1. The van der Waals surface area contributed by atoms with E-state index in [-0.39, 0.29) is 47.7 Å². The first-order chi connectivity index (χ1) is 16.7. The van der Waals surface area contributed by atoms with E-state index in [1.54, 1.807) is 18.2 Å². The number of ether oxygens (including phenoxy) is 1. The molecule has 35 heavy (non-hydrogen) atoms. The molecule has 0 aliphatic carbocycles. The SMILES string of the molecule is CC(C)(C)N1Cc2cc(Nc3nn([C@]4(CC#N)CCOC[C@@H]4F)c4cc[nH]c(=O)c34)ccc2C1=O. The van der Waals surface area contributed by atoms with Crippen molar-refractivity contribution in [1.82, 2.24) is 19.7 Å². The standard InChI is InChI=1S/C25H27FN6O3/c1-24(2,3)31-13-15-12-16(4-5-17(15)23(31)34)29-21-20-18(6-10-28-22(20)33)32(30-21)25(7-9-27)8-11-35-14-19(25)26/h4-6,10,12,19H,7-8,11,13-14H2,1-3H3,(H,28,33)(H,29,30)/t19-,25+/m0/s1. The van der Waals surface area contributed by atoms with Gasteiger partial charge in [0, 0.05) is 36.1 Å². The lowest BCUT2D eigenvalue weighted by Crippen LogP contribution is -2.49. The first-order valence-corrected chi connectivity index (χ1v) is 11.6. The first-order valence-electron chi connectivity index (χ1n) is 11.6. The van der Waals surface area contributed by atoms with Gasteiger partial charge in [0.2, 0.25) is 0 Å². The number of halogens is 1. The molecule has 0 bridgehead atoms. The van der Waals surface area contributed by atoms with Crippen molar-refractivity contribution in [2.75, 3.05) is 18.5 Å². The number of nitrogens with zero attached hydrogens (tertiary/aromatic N) is 4. The fourth-order valence-corrected chi connectivity index (χ4v) is 4.98. The molecule has 0 radical (unpaired) electrons. The van der Waals surface area contributed by atoms with Gasteiger partial charge in [-0.1, -0.05) is 0 Å². The average Bonchev–Trinajstić information content (AvgIpc) is 3.34. The van der Waals surface area contributed by atoms with Crippen molar-refractivity contribution in [2.24, 2.45) is 0 Å². The Morgan fingerprint density at radius 1 is 1.34 bits per heavy atom. The number of carbonyl (C=O) groups is 1. The normalized spacial score (nSPS) is 22.3. The van der Waals surface area contributed by atoms with Gasteiger partial charge in [0.05, 0.1) is 24.6 Å². The fraction of sp³-hybridized carbons (Fsp3) is 0.440. The second-order valence-electron chi connectivity index (χ2n) is 10.1. The molecular weight excluding hydrogens is 451 g/mol. The maximum absolute atomic E-state index is 15.3. The Hall–Kier alpha value is -3.71. The third-order valence-electron chi connectivity index (χ3n) is 6.92. The molecule has 2 aliphatic heterocycles. The number of alkyl halides is 1. The molecule has 0 spiro atoms. The molecule has 182 valence electrons. The average molecular weight is 479 g/mol. The number of benzene rings is 1. The van der Waals surface area contributed by atoms with Crippen molar-refractivity contribution in [1.29, 1.82) is 5.26 Å². The second-order valence-corrected chi connectivity index (χ2v) is 10.1. The van der Waals surface area contributed by atoms with Gasteiger partial charge in [-0.25, -0.2) is 4.39 Å². The van der Waals surface area contributed by atoms with Crippen LogP contribution in [-0.2, 0) is 16.8 Å². The molecule has 1 aromatic carbocycles. The summed E-state index contributed by atoms with van der Waals surface area (Å²) in [6, 6.07) is 9.17. The Bertz CT molecular complexity index is 1420. The molecule has 2 atom stereocenters. The number of aromatic nitrogens is 3. The van der Waals surface area contributed by atoms with Gasteiger partial charge in [-0.2, -0.15) is 10.4 Å². The number of anilines is 2. The lowest BCUT2D eigenvalue weighted by Gasteiger charge is -2.38. The van der Waals surface area contributed by atoms with Gasteiger partial charge in [-0.05, 0) is 57.0 Å². The smallest absolute Gasteiger partial charge is 0.261 e. The van der Waals surface area contributed by atoms with Crippen LogP contribution in [0, 0.1) is 11.3 Å². The van der Waals surface area contributed by atoms with Gasteiger partial charge in [0.15, 0.2) is 5.82 Å². The minimum atomic E-state index is -1.46. The molecule has 9 nitrogen and oxygen atoms in total. The van der Waals surface area contributed by atoms with Crippen molar-refractivity contribution in [2.45, 2.75) is 57.4 Å². The van der Waals surface area contributed by atoms with Crippen LogP contribution in [0.4, 0.5) is 15.9 Å². The molecule has 10 heteroatoms. The van der Waals surface area contributed by atoms with Gasteiger partial charge >= 0.3 is 0 Å². The van der Waals surface area contributed by atoms with E-state index in [2.05, 4.69) is 21.5 Å². The number of rotatable bonds is 4. The number of nitriles is 1. The molecule has 1 fully saturated rings. The monoisotopic (exact) mass is 478 g/mol. The van der Waals surface area contributed by atoms with Gasteiger partial charge in [-0.15, -0.1) is 0 Å². The van der Waals surface area contributed by atoms with Crippen LogP contribution >= 0.6 is 0 Å². The summed E-state index contributed by atoms with van der Waals surface area (Å²) in [5.74, 6) is 0.243. The third kappa shape index (κ3) is 3.67. The number of amides is 1. The van der Waals surface area contributed by atoms with Crippen molar-refractivity contribution in [3.8, 4) is 6.07 Å². The Balaban J connectivity index is 1.58. The van der Waals surface area contributed by atoms with Crippen molar-refractivity contribution < 1.29 is 13.9 Å². The Labute approximate surface area is 201 Å². The van der Waals surface area contributed by atoms with Crippen LogP contribution in [0.3, 0.4) is 0 Å². The molecule has 5 rings (SSSR count). The summed E-state index contributed by atoms with van der Waals surface area (Å²) in [5, 5.41) is 17.6. The molecule has 1 saturated heterocycles. The highest BCUT2D eigenvalue weighted by atomic mass is 19.1. The zero-order valence-corrected chi connectivity index (χ0v) is 19.9. The minimum absolute atomic E-state index is 0.0165. The summed E-state index contributed by atoms with van der Waals surface area (Å²) < 4.78 is 22.0. The van der Waals surface area contributed by atoms with Crippen LogP contribution in [0.15, 0.2) is 35.3 Å². The van der Waals surface area contributed by atoms with E-state index in [4.69, 9.17) is 4.74 Å². The summed E-state index contributed by atoms with van der Waals surface area (Å²) in [6.07, 6.45) is 0.181. The number of nitrogens with one attached hydrogen (secondary N) is 2. The van der Waals surface area contributed by atoms with Crippen LogP contribution in [-0.4, -0.2) is 50.5 Å². The minimum Gasteiger partial charge on any atom is -0.378 e. The molecule has 2 aromatic heterocycles. The molecule has 0 saturated carbocycles. The van der Waals surface area contributed by atoms with E-state index in [0.29, 0.717) is 29.9 Å². The molecule has 2 aliphatic rings. The van der Waals surface area contributed by atoms with Crippen molar-refractivity contribution >= 4 is 28.3 Å². The predicted molar refractivity (Wildman–Crippen MR) is 128 cm³/mol. The van der Waals surface area contributed by atoms with E-state index >= 15 is 4.39 Å². The quantitative estimate of drug-likeness (QED) is 0.592. The summed E-state index contributed by atoms with van der Waals surface area (Å²) in [6.45, 7) is 6.61. The maximum atomic E-state index is 15.3. The topological polar surface area (TPSA) is 116 Å². The molecular formula is C25H27FN6O3. The lowest BCUT2D eigenvalue weighted by atomic mass is 9.85. The highest BCUT2D eigenvalue weighted by Crippen LogP contribution is 2.39. The molecule has 2 N–H and O–H groups in total. The van der Waals surface area contributed by atoms with Crippen LogP contribution in [0.2, 0.25) is 0 Å². The van der Waals surface area contributed by atoms with Crippen molar-refractivity contribution in [3.05, 3.63) is 51.9 Å². The number of carbonyl (C=O) groups excluding carboxylic acids is 1. The Kier molecular flexibility index (Phi) is 5.40. The highest BCUT2D eigenvalue weighted by Gasteiger charge is 2.46. The Morgan fingerprint density at radius 3 is 2.86 bits per heavy atom. The van der Waals surface area contributed by atoms with Crippen LogP contribution in [0.1, 0.15) is 49.5 Å². The van der Waals surface area contributed by atoms with Crippen molar-refractivity contribution in [3.63, 3.8) is 0 Å². The highest BCUT2D eigenvalue weighted by molar-refractivity contribution is 5.99. The number of hydrogen-bond acceptors (Lipinski definition) is 6. The van der Waals surface area contributed by atoms with Crippen LogP contribution < -0.4 is 10.9 Å². The number of hydrogen-bond donors (Lipinski definition) is 2. The molecule has 3 aromatic rings. The molecule has 1 amide bonds. The largest absolute Gasteiger partial charge is 0.378 e. The number of H-pyrrole nitrogens is 1. The van der Waals surface area contributed by atoms with E-state index < -0.39 is 11.7 Å². The van der Waals surface area contributed by atoms with Crippen LogP contribution in [0.25, 0.3) is 10.9 Å². The summed E-state index contributed by atoms with van der Waals surface area (Å²) in [7, 11) is 0. The zero-order chi connectivity index (χ0) is 25.0. The molecule has 0 unspecified atom stereocenters. The number of pyridine rings is 1. The second kappa shape index (κ2) is 8.20. The summed E-state index contributed by atoms with van der Waals surface area (Å²) in [5.41, 5.74) is 0.688. The van der Waals surface area contributed by atoms with E-state index in [1.807, 2.05) is 31.7 Å². The predicted octanol–water partition coefficient (Wildman–Crippen LogP) is 3.59. The third-order valence-corrected chi connectivity index (χ3v) is 6.92. The van der Waals surface area contributed by atoms with Gasteiger partial charge in [0.1, 0.15) is 17.1 Å². The van der Waals surface area contributed by atoms with Crippen LogP contribution in [0.5, 0.6) is 0 Å². The van der Waals surface area contributed by atoms with E-state index in [1.165, 1.54) is 10.9 Å². The van der Waals surface area contributed by atoms with E-state index in [0.717, 1.165) is 5.56 Å². The van der Waals surface area contributed by atoms with Gasteiger partial charge in [0.25, 0.3) is 11.5 Å². The zero-order valence-electron chi connectivity index (χ0n) is 19.9. The lowest BCUT2D eigenvalue weighted by molar-refractivity contribution is -0.0511. The van der Waals surface area contributed by atoms with Gasteiger partial charge in [-0.3, -0.25) is 14.3 Å². The Morgan fingerprint density at radius 2 is 2.14 bits per heavy atom. The summed E-state index contributed by atoms with van der Waals surface area (Å²) in [4.78, 5) is 30.1. The van der Waals surface area contributed by atoms with E-state index in [9.17, 15) is 14.9 Å². The summed E-state index contributed by atoms with van der Waals surface area (Å²) >= 11 is 0. The fourth-order valence-electron chi connectivity index (χ4n) is 4.98. The maximum Gasteiger partial charge on any atom is 0.261 e.